The summed E-state index contributed by atoms with van der Waals surface area (Å²) in [6, 6.07) is 12.2. The van der Waals surface area contributed by atoms with Crippen molar-refractivity contribution in [3.05, 3.63) is 53.1 Å². The molecular formula is C25H31ClN3O2S-. The van der Waals surface area contributed by atoms with Gasteiger partial charge in [0.15, 0.2) is 5.13 Å². The maximum absolute atomic E-state index is 13.6. The number of aryl methyl sites for hydroxylation is 2. The quantitative estimate of drug-likeness (QED) is 0.504. The molecule has 0 spiro atoms. The SMILES string of the molecule is CCOc1ccc2nc(N(CCCN(C)C)C(=O)c3ccc4c(c3)CCCC4)sc2c1.[Cl-]. The van der Waals surface area contributed by atoms with Crippen molar-refractivity contribution < 1.29 is 21.9 Å². The van der Waals surface area contributed by atoms with Gasteiger partial charge in [-0.2, -0.15) is 0 Å². The van der Waals surface area contributed by atoms with Crippen molar-refractivity contribution >= 4 is 32.6 Å². The highest BCUT2D eigenvalue weighted by atomic mass is 35.5. The first kappa shape index (κ1) is 24.5. The number of rotatable bonds is 8. The molecule has 7 heteroatoms. The van der Waals surface area contributed by atoms with Gasteiger partial charge >= 0.3 is 0 Å². The zero-order valence-electron chi connectivity index (χ0n) is 19.1. The van der Waals surface area contributed by atoms with Crippen LogP contribution in [0.5, 0.6) is 5.75 Å². The molecule has 1 amide bonds. The van der Waals surface area contributed by atoms with Crippen molar-refractivity contribution in [2.24, 2.45) is 0 Å². The monoisotopic (exact) mass is 472 g/mol. The van der Waals surface area contributed by atoms with Gasteiger partial charge in [-0.15, -0.1) is 0 Å². The number of thiazole rings is 1. The zero-order valence-corrected chi connectivity index (χ0v) is 20.6. The summed E-state index contributed by atoms with van der Waals surface area (Å²) < 4.78 is 6.68. The largest absolute Gasteiger partial charge is 1.00 e. The molecule has 0 saturated carbocycles. The second-order valence-corrected chi connectivity index (χ2v) is 9.37. The van der Waals surface area contributed by atoms with Crippen molar-refractivity contribution in [1.82, 2.24) is 9.88 Å². The summed E-state index contributed by atoms with van der Waals surface area (Å²) in [4.78, 5) is 22.4. The normalized spacial score (nSPS) is 13.0. The maximum atomic E-state index is 13.6. The average molecular weight is 473 g/mol. The van der Waals surface area contributed by atoms with Gasteiger partial charge in [-0.25, -0.2) is 4.98 Å². The van der Waals surface area contributed by atoms with Crippen LogP contribution in [0.3, 0.4) is 0 Å². The van der Waals surface area contributed by atoms with Gasteiger partial charge in [0, 0.05) is 12.1 Å². The predicted molar refractivity (Wildman–Crippen MR) is 129 cm³/mol. The molecule has 0 fully saturated rings. The summed E-state index contributed by atoms with van der Waals surface area (Å²) in [5.41, 5.74) is 4.39. The Labute approximate surface area is 200 Å². The lowest BCUT2D eigenvalue weighted by molar-refractivity contribution is -0.0000145. The van der Waals surface area contributed by atoms with E-state index in [9.17, 15) is 4.79 Å². The molecule has 172 valence electrons. The third-order valence-electron chi connectivity index (χ3n) is 5.72. The van der Waals surface area contributed by atoms with Crippen LogP contribution >= 0.6 is 11.3 Å². The summed E-state index contributed by atoms with van der Waals surface area (Å²) >= 11 is 1.56. The fourth-order valence-electron chi connectivity index (χ4n) is 4.12. The fourth-order valence-corrected chi connectivity index (χ4v) is 5.13. The molecular weight excluding hydrogens is 442 g/mol. The number of anilines is 1. The Kier molecular flexibility index (Phi) is 8.51. The fraction of sp³-hybridized carbons (Fsp3) is 0.440. The molecule has 1 aliphatic carbocycles. The van der Waals surface area contributed by atoms with E-state index in [1.165, 1.54) is 24.0 Å². The van der Waals surface area contributed by atoms with Gasteiger partial charge in [0.1, 0.15) is 5.75 Å². The number of halogens is 1. The van der Waals surface area contributed by atoms with E-state index in [0.717, 1.165) is 52.5 Å². The van der Waals surface area contributed by atoms with E-state index in [1.807, 2.05) is 36.1 Å². The highest BCUT2D eigenvalue weighted by Gasteiger charge is 2.22. The van der Waals surface area contributed by atoms with E-state index >= 15 is 0 Å². The molecule has 0 N–H and O–H groups in total. The number of carbonyl (C=O) groups excluding carboxylic acids is 1. The summed E-state index contributed by atoms with van der Waals surface area (Å²) in [6.45, 7) is 4.18. The lowest BCUT2D eigenvalue weighted by atomic mass is 9.90. The number of carbonyl (C=O) groups is 1. The van der Waals surface area contributed by atoms with E-state index in [4.69, 9.17) is 9.72 Å². The summed E-state index contributed by atoms with van der Waals surface area (Å²) in [5.74, 6) is 0.876. The Morgan fingerprint density at radius 2 is 1.84 bits per heavy atom. The number of ether oxygens (including phenoxy) is 1. The molecule has 0 unspecified atom stereocenters. The standard InChI is InChI=1S/C25H31N3O2S.ClH/c1-4-30-21-12-13-22-23(17-21)31-25(26-22)28(15-7-14-27(2)3)24(29)20-11-10-18-8-5-6-9-19(18)16-20;/h10-13,16-17H,4-9,14-15H2,1-3H3;1H/p-1. The average Bonchev–Trinajstić information content (AvgIpc) is 3.19. The molecule has 0 atom stereocenters. The van der Waals surface area contributed by atoms with Crippen molar-refractivity contribution in [3.8, 4) is 5.75 Å². The lowest BCUT2D eigenvalue weighted by Crippen LogP contribution is -3.00. The van der Waals surface area contributed by atoms with Crippen molar-refractivity contribution in [3.63, 3.8) is 0 Å². The number of hydrogen-bond donors (Lipinski definition) is 0. The second kappa shape index (κ2) is 11.1. The van der Waals surface area contributed by atoms with Gasteiger partial charge in [-0.1, -0.05) is 17.4 Å². The predicted octanol–water partition coefficient (Wildman–Crippen LogP) is 2.18. The molecule has 4 rings (SSSR count). The number of amides is 1. The highest BCUT2D eigenvalue weighted by molar-refractivity contribution is 7.22. The minimum absolute atomic E-state index is 0. The Balaban J connectivity index is 0.00000289. The summed E-state index contributed by atoms with van der Waals surface area (Å²) in [6.07, 6.45) is 5.53. The van der Waals surface area contributed by atoms with E-state index in [2.05, 4.69) is 31.1 Å². The van der Waals surface area contributed by atoms with Crippen LogP contribution in [0, 0.1) is 0 Å². The number of benzene rings is 2. The van der Waals surface area contributed by atoms with Gasteiger partial charge in [0.05, 0.1) is 16.8 Å². The first-order valence-electron chi connectivity index (χ1n) is 11.2. The van der Waals surface area contributed by atoms with Gasteiger partial charge in [-0.05, 0) is 101 Å². The van der Waals surface area contributed by atoms with E-state index in [-0.39, 0.29) is 18.3 Å². The molecule has 1 aromatic heterocycles. The van der Waals surface area contributed by atoms with Gasteiger partial charge in [0.2, 0.25) is 0 Å². The Hall–Kier alpha value is -2.15. The van der Waals surface area contributed by atoms with Crippen LogP contribution in [0.25, 0.3) is 10.2 Å². The first-order valence-corrected chi connectivity index (χ1v) is 12.0. The molecule has 2 aromatic carbocycles. The highest BCUT2D eigenvalue weighted by Crippen LogP contribution is 2.33. The molecule has 5 nitrogen and oxygen atoms in total. The summed E-state index contributed by atoms with van der Waals surface area (Å²) in [5, 5.41) is 0.755. The smallest absolute Gasteiger partial charge is 0.260 e. The van der Waals surface area contributed by atoms with Crippen LogP contribution in [0.1, 0.15) is 47.7 Å². The van der Waals surface area contributed by atoms with E-state index in [0.29, 0.717) is 13.2 Å². The molecule has 1 heterocycles. The van der Waals surface area contributed by atoms with Gasteiger partial charge in [0.25, 0.3) is 5.91 Å². The van der Waals surface area contributed by atoms with E-state index < -0.39 is 0 Å². The molecule has 0 bridgehead atoms. The number of aromatic nitrogens is 1. The van der Waals surface area contributed by atoms with Crippen molar-refractivity contribution in [2.45, 2.75) is 39.0 Å². The molecule has 0 radical (unpaired) electrons. The third kappa shape index (κ3) is 5.61. The lowest BCUT2D eigenvalue weighted by Gasteiger charge is -2.22. The minimum atomic E-state index is 0. The Morgan fingerprint density at radius 1 is 1.06 bits per heavy atom. The zero-order chi connectivity index (χ0) is 21.8. The molecule has 1 aliphatic rings. The first-order chi connectivity index (χ1) is 15.0. The van der Waals surface area contributed by atoms with Crippen molar-refractivity contribution in [1.29, 1.82) is 0 Å². The second-order valence-electron chi connectivity index (χ2n) is 8.36. The number of hydrogen-bond acceptors (Lipinski definition) is 5. The van der Waals surface area contributed by atoms with Crippen LogP contribution in [-0.4, -0.2) is 49.6 Å². The van der Waals surface area contributed by atoms with Gasteiger partial charge < -0.3 is 22.0 Å². The number of nitrogens with zero attached hydrogens (tertiary/aromatic N) is 3. The van der Waals surface area contributed by atoms with Crippen LogP contribution in [0.4, 0.5) is 5.13 Å². The Morgan fingerprint density at radius 3 is 2.59 bits per heavy atom. The topological polar surface area (TPSA) is 45.7 Å². The van der Waals surface area contributed by atoms with Crippen LogP contribution in [-0.2, 0) is 12.8 Å². The molecule has 32 heavy (non-hydrogen) atoms. The Bertz CT molecular complexity index is 1070. The van der Waals surface area contributed by atoms with Crippen LogP contribution in [0.15, 0.2) is 36.4 Å². The third-order valence-corrected chi connectivity index (χ3v) is 6.76. The molecule has 3 aromatic rings. The van der Waals surface area contributed by atoms with Crippen LogP contribution < -0.4 is 22.0 Å². The van der Waals surface area contributed by atoms with E-state index in [1.54, 1.807) is 11.3 Å². The maximum Gasteiger partial charge on any atom is 0.260 e. The summed E-state index contributed by atoms with van der Waals surface area (Å²) in [7, 11) is 4.12. The molecule has 0 saturated heterocycles. The van der Waals surface area contributed by atoms with Crippen molar-refractivity contribution in [2.75, 3.05) is 38.7 Å². The van der Waals surface area contributed by atoms with Crippen LogP contribution in [0.2, 0.25) is 0 Å². The minimum Gasteiger partial charge on any atom is -1.00 e. The molecule has 0 aliphatic heterocycles. The van der Waals surface area contributed by atoms with Gasteiger partial charge in [-0.3, -0.25) is 9.69 Å². The number of fused-ring (bicyclic) bond motifs is 2.